The highest BCUT2D eigenvalue weighted by atomic mass is 31.0. The predicted octanol–water partition coefficient (Wildman–Crippen LogP) is 1.50. The zero-order chi connectivity index (χ0) is 9.59. The molecule has 0 aliphatic heterocycles. The fourth-order valence-corrected chi connectivity index (χ4v) is 3.26. The van der Waals surface area contributed by atoms with Crippen LogP contribution in [0.3, 0.4) is 0 Å². The van der Waals surface area contributed by atoms with E-state index in [-0.39, 0.29) is 0 Å². The third kappa shape index (κ3) is 1.20. The first-order valence-corrected chi connectivity index (χ1v) is 5.31. The fraction of sp³-hybridized carbons (Fsp3) is 0.600. The van der Waals surface area contributed by atoms with Crippen LogP contribution in [0.1, 0.15) is 6.92 Å². The van der Waals surface area contributed by atoms with Crippen molar-refractivity contribution >= 4 is 9.24 Å². The van der Waals surface area contributed by atoms with Gasteiger partial charge in [-0.25, -0.2) is 0 Å². The molecule has 0 heterocycles. The summed E-state index contributed by atoms with van der Waals surface area (Å²) in [7, 11) is 4.58. The quantitative estimate of drug-likeness (QED) is 0.646. The van der Waals surface area contributed by atoms with Crippen LogP contribution in [0.25, 0.3) is 0 Å². The topological polar surface area (TPSA) is 35.2 Å². The smallest absolute Gasteiger partial charge is 0.137 e. The van der Waals surface area contributed by atoms with Gasteiger partial charge in [-0.05, 0) is 29.5 Å². The number of nitrogens with two attached hydrogens (primary N) is 1. The Morgan fingerprint density at radius 3 is 2.54 bits per heavy atom. The lowest BCUT2D eigenvalue weighted by atomic mass is 9.66. The van der Waals surface area contributed by atoms with Crippen LogP contribution in [-0.4, -0.2) is 12.8 Å². The maximum absolute atomic E-state index is 5.89. The number of allylic oxidation sites excluding steroid dienone is 2. The Balaban J connectivity index is 2.34. The summed E-state index contributed by atoms with van der Waals surface area (Å²) < 4.78 is 5.24. The third-order valence-electron chi connectivity index (χ3n) is 3.32. The fourth-order valence-electron chi connectivity index (χ4n) is 2.34. The van der Waals surface area contributed by atoms with Gasteiger partial charge in [-0.3, -0.25) is 0 Å². The molecule has 0 aromatic rings. The van der Waals surface area contributed by atoms with Crippen molar-refractivity contribution in [2.24, 2.45) is 23.5 Å². The van der Waals surface area contributed by atoms with E-state index in [1.54, 1.807) is 7.11 Å². The first-order chi connectivity index (χ1) is 6.15. The van der Waals surface area contributed by atoms with E-state index in [0.717, 1.165) is 11.5 Å². The molecule has 0 amide bonds. The minimum atomic E-state index is 0.610. The van der Waals surface area contributed by atoms with E-state index >= 15 is 0 Å². The number of rotatable bonds is 1. The van der Waals surface area contributed by atoms with Gasteiger partial charge in [-0.1, -0.05) is 13.0 Å². The summed E-state index contributed by atoms with van der Waals surface area (Å²) in [5, 5.41) is 0. The third-order valence-corrected chi connectivity index (χ3v) is 4.21. The Hall–Kier alpha value is -0.490. The van der Waals surface area contributed by atoms with Gasteiger partial charge in [-0.2, -0.15) is 0 Å². The van der Waals surface area contributed by atoms with Crippen LogP contribution in [0.4, 0.5) is 0 Å². The maximum atomic E-state index is 5.89. The van der Waals surface area contributed by atoms with Crippen molar-refractivity contribution in [2.75, 3.05) is 7.11 Å². The number of ether oxygens (including phenoxy) is 1. The second-order valence-corrected chi connectivity index (χ2v) is 4.72. The molecule has 0 spiro atoms. The Morgan fingerprint density at radius 1 is 1.38 bits per heavy atom. The summed E-state index contributed by atoms with van der Waals surface area (Å²) in [5.41, 5.74) is 7.33. The molecule has 2 N–H and O–H groups in total. The molecule has 13 heavy (non-hydrogen) atoms. The second kappa shape index (κ2) is 3.02. The number of hydrogen-bond acceptors (Lipinski definition) is 2. The summed E-state index contributed by atoms with van der Waals surface area (Å²) in [6, 6.07) is 0. The first-order valence-electron chi connectivity index (χ1n) is 4.64. The highest BCUT2D eigenvalue weighted by molar-refractivity contribution is 7.17. The minimum Gasteiger partial charge on any atom is -0.495 e. The molecule has 3 rings (SSSR count). The van der Waals surface area contributed by atoms with E-state index in [1.807, 2.05) is 0 Å². The molecular formula is C10H16NOP. The van der Waals surface area contributed by atoms with Crippen molar-refractivity contribution in [3.63, 3.8) is 0 Å². The predicted molar refractivity (Wildman–Crippen MR) is 57.0 cm³/mol. The molecule has 3 aliphatic carbocycles. The molecule has 3 heteroatoms. The molecule has 2 bridgehead atoms. The summed E-state index contributed by atoms with van der Waals surface area (Å²) in [5.74, 6) is 2.78. The standard InChI is InChI=1S/C10H16NOP/c1-5-6-3-8(11)9(12-2)4-7(5)10(6)13/h3-7,10H,11,13H2,1-2H3. The van der Waals surface area contributed by atoms with Crippen molar-refractivity contribution in [1.82, 2.24) is 0 Å². The molecule has 0 aromatic carbocycles. The number of hydrogen-bond donors (Lipinski definition) is 1. The van der Waals surface area contributed by atoms with Gasteiger partial charge in [0, 0.05) is 0 Å². The molecular weight excluding hydrogens is 181 g/mol. The Bertz CT molecular complexity index is 275. The Labute approximate surface area is 81.4 Å². The van der Waals surface area contributed by atoms with Crippen molar-refractivity contribution in [3.8, 4) is 0 Å². The van der Waals surface area contributed by atoms with Crippen LogP contribution in [-0.2, 0) is 4.74 Å². The lowest BCUT2D eigenvalue weighted by Crippen LogP contribution is -2.43. The maximum Gasteiger partial charge on any atom is 0.137 e. The monoisotopic (exact) mass is 197 g/mol. The van der Waals surface area contributed by atoms with E-state index < -0.39 is 0 Å². The normalized spacial score (nSPS) is 42.7. The summed E-state index contributed by atoms with van der Waals surface area (Å²) in [6.45, 7) is 2.27. The molecule has 3 aliphatic rings. The van der Waals surface area contributed by atoms with Gasteiger partial charge in [0.1, 0.15) is 5.76 Å². The Morgan fingerprint density at radius 2 is 2.00 bits per heavy atom. The lowest BCUT2D eigenvalue weighted by Gasteiger charge is -2.45. The van der Waals surface area contributed by atoms with E-state index in [0.29, 0.717) is 23.4 Å². The molecule has 72 valence electrons. The molecule has 5 atom stereocenters. The van der Waals surface area contributed by atoms with Crippen LogP contribution >= 0.6 is 9.24 Å². The van der Waals surface area contributed by atoms with E-state index in [2.05, 4.69) is 28.3 Å². The van der Waals surface area contributed by atoms with Crippen LogP contribution in [0.2, 0.25) is 0 Å². The van der Waals surface area contributed by atoms with Crippen LogP contribution < -0.4 is 5.73 Å². The van der Waals surface area contributed by atoms with Crippen LogP contribution in [0.5, 0.6) is 0 Å². The van der Waals surface area contributed by atoms with E-state index in [9.17, 15) is 0 Å². The molecule has 0 aromatic heterocycles. The average molecular weight is 197 g/mol. The Kier molecular flexibility index (Phi) is 2.11. The zero-order valence-corrected chi connectivity index (χ0v) is 9.18. The highest BCUT2D eigenvalue weighted by Crippen LogP contribution is 2.49. The molecule has 0 radical (unpaired) electrons. The average Bonchev–Trinajstić information content (AvgIpc) is 2.34. The number of fused-ring (bicyclic) bond motifs is 1. The summed E-state index contributed by atoms with van der Waals surface area (Å²) in [4.78, 5) is 0. The summed E-state index contributed by atoms with van der Waals surface area (Å²) in [6.07, 6.45) is 4.30. The van der Waals surface area contributed by atoms with Gasteiger partial charge in [0.15, 0.2) is 0 Å². The van der Waals surface area contributed by atoms with Gasteiger partial charge in [0.05, 0.1) is 12.8 Å². The van der Waals surface area contributed by atoms with Gasteiger partial charge in [0.2, 0.25) is 0 Å². The van der Waals surface area contributed by atoms with Gasteiger partial charge < -0.3 is 10.5 Å². The first kappa shape index (κ1) is 9.08. The van der Waals surface area contributed by atoms with Crippen molar-refractivity contribution in [3.05, 3.63) is 23.6 Å². The zero-order valence-electron chi connectivity index (χ0n) is 8.03. The van der Waals surface area contributed by atoms with Crippen LogP contribution in [0.15, 0.2) is 23.6 Å². The highest BCUT2D eigenvalue weighted by Gasteiger charge is 2.44. The number of methoxy groups -OCH3 is 1. The van der Waals surface area contributed by atoms with Crippen molar-refractivity contribution in [1.29, 1.82) is 0 Å². The van der Waals surface area contributed by atoms with Gasteiger partial charge in [0.25, 0.3) is 0 Å². The second-order valence-electron chi connectivity index (χ2n) is 3.95. The molecule has 5 unspecified atom stereocenters. The van der Waals surface area contributed by atoms with Crippen molar-refractivity contribution in [2.45, 2.75) is 12.6 Å². The van der Waals surface area contributed by atoms with E-state index in [4.69, 9.17) is 10.5 Å². The largest absolute Gasteiger partial charge is 0.495 e. The molecule has 0 saturated heterocycles. The molecule has 1 fully saturated rings. The van der Waals surface area contributed by atoms with Crippen LogP contribution in [0, 0.1) is 17.8 Å². The SMILES string of the molecule is COC1=CC2C(C)C(C=C1N)C2P. The molecule has 2 nitrogen and oxygen atoms in total. The van der Waals surface area contributed by atoms with E-state index in [1.165, 1.54) is 0 Å². The minimum absolute atomic E-state index is 0.610. The summed E-state index contributed by atoms with van der Waals surface area (Å²) >= 11 is 0. The van der Waals surface area contributed by atoms with Crippen molar-refractivity contribution < 1.29 is 4.74 Å². The van der Waals surface area contributed by atoms with Gasteiger partial charge in [-0.15, -0.1) is 9.24 Å². The van der Waals surface area contributed by atoms with Gasteiger partial charge >= 0.3 is 0 Å². The lowest BCUT2D eigenvalue weighted by molar-refractivity contribution is 0.183. The molecule has 1 saturated carbocycles.